The zero-order valence-corrected chi connectivity index (χ0v) is 24.7. The van der Waals surface area contributed by atoms with Gasteiger partial charge in [0.2, 0.25) is 10.0 Å². The molecule has 0 radical (unpaired) electrons. The van der Waals surface area contributed by atoms with Crippen molar-refractivity contribution in [3.05, 3.63) is 64.5 Å². The second-order valence-electron chi connectivity index (χ2n) is 11.7. The Labute approximate surface area is 243 Å². The molecule has 13 heteroatoms. The van der Waals surface area contributed by atoms with Crippen molar-refractivity contribution < 1.29 is 45.4 Å². The molecule has 1 saturated heterocycles. The van der Waals surface area contributed by atoms with E-state index in [1.807, 2.05) is 4.72 Å². The summed E-state index contributed by atoms with van der Waals surface area (Å²) in [4.78, 5) is 23.6. The monoisotopic (exact) mass is 616 g/mol. The molecule has 2 aliphatic rings. The van der Waals surface area contributed by atoms with Gasteiger partial charge >= 0.3 is 12.1 Å². The lowest BCUT2D eigenvalue weighted by Crippen LogP contribution is -2.40. The maximum Gasteiger partial charge on any atom is 0.490 e. The number of hydrogen-bond donors (Lipinski definition) is 2. The fourth-order valence-electron chi connectivity index (χ4n) is 4.59. The van der Waals surface area contributed by atoms with Crippen LogP contribution in [0.3, 0.4) is 0 Å². The molecule has 1 atom stereocenters. The highest BCUT2D eigenvalue weighted by atomic mass is 32.2. The lowest BCUT2D eigenvalue weighted by molar-refractivity contribution is -0.192. The maximum absolute atomic E-state index is 14.8. The summed E-state index contributed by atoms with van der Waals surface area (Å²) >= 11 is 0. The Morgan fingerprint density at radius 2 is 1.67 bits per heavy atom. The van der Waals surface area contributed by atoms with Crippen molar-refractivity contribution in [2.24, 2.45) is 0 Å². The van der Waals surface area contributed by atoms with Crippen LogP contribution >= 0.6 is 0 Å². The van der Waals surface area contributed by atoms with Gasteiger partial charge in [-0.15, -0.1) is 0 Å². The van der Waals surface area contributed by atoms with Gasteiger partial charge in [0.05, 0.1) is 11.8 Å². The highest BCUT2D eigenvalue weighted by Crippen LogP contribution is 2.45. The first-order chi connectivity index (χ1) is 19.3. The first-order valence-electron chi connectivity index (χ1n) is 13.5. The smallest absolute Gasteiger partial charge is 0.489 e. The molecule has 1 saturated carbocycles. The molecule has 1 aliphatic carbocycles. The Morgan fingerprint density at radius 3 is 2.17 bits per heavy atom. The highest BCUT2D eigenvalue weighted by molar-refractivity contribution is 7.89. The van der Waals surface area contributed by atoms with Gasteiger partial charge in [0, 0.05) is 19.2 Å². The average Bonchev–Trinajstić information content (AvgIpc) is 3.68. The first-order valence-corrected chi connectivity index (χ1v) is 15.4. The third kappa shape index (κ3) is 9.97. The van der Waals surface area contributed by atoms with Gasteiger partial charge in [0.25, 0.3) is 5.91 Å². The molecule has 1 heterocycles. The summed E-state index contributed by atoms with van der Waals surface area (Å²) in [6.45, 7) is 9.17. The van der Waals surface area contributed by atoms with E-state index in [9.17, 15) is 30.8 Å². The van der Waals surface area contributed by atoms with Gasteiger partial charge in [-0.2, -0.15) is 13.2 Å². The number of piperidine rings is 1. The molecule has 2 N–H and O–H groups in total. The standard InChI is InChI=1S/C27H35FN2O4S.C2HF3O2/c1-27(2,3)20-11-7-18(8-12-20)16-30-13-5-6-21(17-30)34-25-15-24(28)23(14-22(25)19-9-10-19)26(31)29-35(4,32)33;3-2(4,5)1(6)7/h7-8,11-12,14-15,19,21H,5-6,9-10,13,16-17H2,1-4H3,(H,29,31);(H,6,7)/t21-;/m1./s1. The van der Waals surface area contributed by atoms with E-state index in [0.29, 0.717) is 5.75 Å². The summed E-state index contributed by atoms with van der Waals surface area (Å²) in [5, 5.41) is 7.12. The Balaban J connectivity index is 0.000000616. The van der Waals surface area contributed by atoms with Gasteiger partial charge in [-0.25, -0.2) is 22.3 Å². The Hall–Kier alpha value is -3.19. The Bertz CT molecular complexity index is 1380. The van der Waals surface area contributed by atoms with E-state index in [-0.39, 0.29) is 23.0 Å². The summed E-state index contributed by atoms with van der Waals surface area (Å²) in [6.07, 6.45) is -0.546. The minimum atomic E-state index is -5.08. The molecule has 1 amide bonds. The second kappa shape index (κ2) is 13.0. The van der Waals surface area contributed by atoms with E-state index in [1.54, 1.807) is 0 Å². The van der Waals surface area contributed by atoms with Crippen molar-refractivity contribution in [2.75, 3.05) is 19.3 Å². The minimum Gasteiger partial charge on any atom is -0.489 e. The number of ether oxygens (including phenoxy) is 1. The third-order valence-corrected chi connectivity index (χ3v) is 7.42. The number of likely N-dealkylation sites (tertiary alicyclic amines) is 1. The van der Waals surface area contributed by atoms with Crippen LogP contribution in [0.1, 0.15) is 79.4 Å². The van der Waals surface area contributed by atoms with E-state index < -0.39 is 33.9 Å². The number of aliphatic carboxylic acids is 1. The van der Waals surface area contributed by atoms with Crippen molar-refractivity contribution in [1.82, 2.24) is 9.62 Å². The number of rotatable bonds is 7. The van der Waals surface area contributed by atoms with Gasteiger partial charge in [0.1, 0.15) is 17.7 Å². The van der Waals surface area contributed by atoms with E-state index in [0.717, 1.165) is 57.1 Å². The number of carbonyl (C=O) groups excluding carboxylic acids is 1. The lowest BCUT2D eigenvalue weighted by atomic mass is 9.86. The SMILES string of the molecule is CC(C)(C)c1ccc(CN2CCC[C@@H](Oc3cc(F)c(C(=O)NS(C)(=O)=O)cc3C3CC3)C2)cc1.O=C(O)C(F)(F)F. The number of carboxylic acids is 1. The van der Waals surface area contributed by atoms with Crippen molar-refractivity contribution in [2.45, 2.75) is 76.6 Å². The van der Waals surface area contributed by atoms with E-state index in [4.69, 9.17) is 14.6 Å². The first kappa shape index (κ1) is 33.3. The van der Waals surface area contributed by atoms with Crippen LogP contribution in [-0.2, 0) is 26.8 Å². The van der Waals surface area contributed by atoms with Gasteiger partial charge in [-0.05, 0) is 66.3 Å². The van der Waals surface area contributed by atoms with Crippen LogP contribution in [0.25, 0.3) is 0 Å². The summed E-state index contributed by atoms with van der Waals surface area (Å²) in [5.41, 5.74) is 3.20. The van der Waals surface area contributed by atoms with E-state index >= 15 is 0 Å². The van der Waals surface area contributed by atoms with E-state index in [2.05, 4.69) is 49.9 Å². The molecule has 4 rings (SSSR count). The predicted octanol–water partition coefficient (Wildman–Crippen LogP) is 5.37. The summed E-state index contributed by atoms with van der Waals surface area (Å²) in [6, 6.07) is 11.5. The fraction of sp³-hybridized carbons (Fsp3) is 0.517. The molecule has 8 nitrogen and oxygen atoms in total. The molecule has 0 aromatic heterocycles. The number of sulfonamides is 1. The van der Waals surface area contributed by atoms with Crippen molar-refractivity contribution >= 4 is 21.9 Å². The van der Waals surface area contributed by atoms with Crippen LogP contribution < -0.4 is 9.46 Å². The van der Waals surface area contributed by atoms with Crippen LogP contribution in [0, 0.1) is 5.82 Å². The number of hydrogen-bond acceptors (Lipinski definition) is 6. The zero-order chi connectivity index (χ0) is 31.5. The van der Waals surface area contributed by atoms with Gasteiger partial charge in [-0.3, -0.25) is 9.69 Å². The van der Waals surface area contributed by atoms with Crippen LogP contribution in [-0.4, -0.2) is 61.9 Å². The van der Waals surface area contributed by atoms with Gasteiger partial charge in [0.15, 0.2) is 0 Å². The quantitative estimate of drug-likeness (QED) is 0.403. The largest absolute Gasteiger partial charge is 0.490 e. The van der Waals surface area contributed by atoms with E-state index in [1.165, 1.54) is 23.3 Å². The van der Waals surface area contributed by atoms with Crippen LogP contribution in [0.4, 0.5) is 17.6 Å². The summed E-state index contributed by atoms with van der Waals surface area (Å²) in [7, 11) is -3.78. The maximum atomic E-state index is 14.8. The van der Waals surface area contributed by atoms with Crippen molar-refractivity contribution in [3.63, 3.8) is 0 Å². The number of nitrogens with zero attached hydrogens (tertiary/aromatic N) is 1. The Kier molecular flexibility index (Phi) is 10.3. The van der Waals surface area contributed by atoms with Crippen LogP contribution in [0.15, 0.2) is 36.4 Å². The molecule has 0 spiro atoms. The molecular formula is C29H36F4N2O6S. The second-order valence-corrected chi connectivity index (χ2v) is 13.5. The molecule has 2 aromatic carbocycles. The number of benzene rings is 2. The Morgan fingerprint density at radius 1 is 1.07 bits per heavy atom. The summed E-state index contributed by atoms with van der Waals surface area (Å²) < 4.78 is 77.6. The number of amides is 1. The number of nitrogens with one attached hydrogen (secondary N) is 1. The number of halogens is 4. The van der Waals surface area contributed by atoms with Crippen LogP contribution in [0.5, 0.6) is 5.75 Å². The lowest BCUT2D eigenvalue weighted by Gasteiger charge is -2.33. The number of alkyl halides is 3. The van der Waals surface area contributed by atoms with Gasteiger partial charge in [-0.1, -0.05) is 45.0 Å². The molecule has 232 valence electrons. The zero-order valence-electron chi connectivity index (χ0n) is 23.9. The fourth-order valence-corrected chi connectivity index (χ4v) is 5.03. The molecule has 2 fully saturated rings. The van der Waals surface area contributed by atoms with Crippen LogP contribution in [0.2, 0.25) is 0 Å². The highest BCUT2D eigenvalue weighted by Gasteiger charge is 2.38. The number of carboxylic acid groups (broad SMARTS) is 1. The predicted molar refractivity (Wildman–Crippen MR) is 148 cm³/mol. The normalized spacial score (nSPS) is 18.0. The van der Waals surface area contributed by atoms with Gasteiger partial charge < -0.3 is 9.84 Å². The molecule has 0 unspecified atom stereocenters. The topological polar surface area (TPSA) is 113 Å². The third-order valence-electron chi connectivity index (χ3n) is 6.86. The van der Waals surface area contributed by atoms with Crippen molar-refractivity contribution in [3.8, 4) is 5.75 Å². The number of carbonyl (C=O) groups is 2. The molecule has 42 heavy (non-hydrogen) atoms. The molecular weight excluding hydrogens is 580 g/mol. The summed E-state index contributed by atoms with van der Waals surface area (Å²) in [5.74, 6) is -3.83. The van der Waals surface area contributed by atoms with Crippen molar-refractivity contribution in [1.29, 1.82) is 0 Å². The molecule has 1 aliphatic heterocycles. The average molecular weight is 617 g/mol. The minimum absolute atomic E-state index is 0.0785. The molecule has 2 aromatic rings. The molecule has 0 bridgehead atoms.